The Kier molecular flexibility index (Phi) is 2.77. The lowest BCUT2D eigenvalue weighted by Crippen LogP contribution is -2.14. The number of benzene rings is 1. The molecule has 1 unspecified atom stereocenters. The fraction of sp³-hybridized carbons (Fsp3) is 0.417. The zero-order valence-electron chi connectivity index (χ0n) is 10.0. The lowest BCUT2D eigenvalue weighted by Gasteiger charge is -2.19. The number of fused-ring (bicyclic) bond motifs is 1. The van der Waals surface area contributed by atoms with Crippen LogP contribution in [0.15, 0.2) is 12.1 Å². The molecule has 17 heavy (non-hydrogen) atoms. The summed E-state index contributed by atoms with van der Waals surface area (Å²) >= 11 is 0. The molecule has 0 aliphatic rings. The third-order valence-electron chi connectivity index (χ3n) is 3.14. The topological polar surface area (TPSA) is 43.8 Å². The SMILES string of the molecule is CC(C)C(C)n1c(N)nc2ccc(F)c(F)c21. The van der Waals surface area contributed by atoms with Crippen LogP contribution in [-0.2, 0) is 0 Å². The van der Waals surface area contributed by atoms with Crippen LogP contribution in [0.2, 0.25) is 0 Å². The van der Waals surface area contributed by atoms with Crippen LogP contribution in [0.25, 0.3) is 11.0 Å². The summed E-state index contributed by atoms with van der Waals surface area (Å²) in [5.74, 6) is -1.31. The summed E-state index contributed by atoms with van der Waals surface area (Å²) in [5, 5.41) is 0. The van der Waals surface area contributed by atoms with E-state index in [1.54, 1.807) is 4.57 Å². The van der Waals surface area contributed by atoms with Gasteiger partial charge in [0.1, 0.15) is 5.52 Å². The minimum absolute atomic E-state index is 0.0451. The summed E-state index contributed by atoms with van der Waals surface area (Å²) in [4.78, 5) is 4.05. The van der Waals surface area contributed by atoms with Crippen LogP contribution in [0.1, 0.15) is 26.8 Å². The fourth-order valence-corrected chi connectivity index (χ4v) is 1.85. The van der Waals surface area contributed by atoms with Gasteiger partial charge in [0.25, 0.3) is 0 Å². The quantitative estimate of drug-likeness (QED) is 0.875. The standard InChI is InChI=1S/C12H15F2N3/c1-6(2)7(3)17-11-9(16-12(17)15)5-4-8(13)10(11)14/h4-7H,1-3H3,(H2,15,16). The molecule has 0 aliphatic heterocycles. The highest BCUT2D eigenvalue weighted by atomic mass is 19.2. The molecule has 2 rings (SSSR count). The van der Waals surface area contributed by atoms with E-state index in [1.807, 2.05) is 20.8 Å². The van der Waals surface area contributed by atoms with Gasteiger partial charge in [-0.25, -0.2) is 13.8 Å². The number of halogens is 2. The highest BCUT2D eigenvalue weighted by molar-refractivity contribution is 5.79. The second-order valence-corrected chi connectivity index (χ2v) is 4.55. The van der Waals surface area contributed by atoms with Crippen LogP contribution < -0.4 is 5.73 Å². The van der Waals surface area contributed by atoms with E-state index in [9.17, 15) is 8.78 Å². The third-order valence-corrected chi connectivity index (χ3v) is 3.14. The summed E-state index contributed by atoms with van der Waals surface area (Å²) in [6.45, 7) is 5.90. The molecule has 1 aromatic carbocycles. The first-order valence-corrected chi connectivity index (χ1v) is 5.55. The highest BCUT2D eigenvalue weighted by Gasteiger charge is 2.21. The largest absolute Gasteiger partial charge is 0.369 e. The number of rotatable bonds is 2. The molecular weight excluding hydrogens is 224 g/mol. The Morgan fingerprint density at radius 3 is 2.47 bits per heavy atom. The highest BCUT2D eigenvalue weighted by Crippen LogP contribution is 2.29. The Bertz CT molecular complexity index is 560. The Morgan fingerprint density at radius 2 is 1.88 bits per heavy atom. The van der Waals surface area contributed by atoms with Gasteiger partial charge in [0.2, 0.25) is 5.95 Å². The monoisotopic (exact) mass is 239 g/mol. The van der Waals surface area contributed by atoms with Gasteiger partial charge in [-0.2, -0.15) is 0 Å². The molecule has 3 nitrogen and oxygen atoms in total. The van der Waals surface area contributed by atoms with E-state index >= 15 is 0 Å². The van der Waals surface area contributed by atoms with Crippen molar-refractivity contribution in [3.8, 4) is 0 Å². The molecule has 1 heterocycles. The zero-order valence-corrected chi connectivity index (χ0v) is 10.0. The van der Waals surface area contributed by atoms with Crippen LogP contribution in [0.5, 0.6) is 0 Å². The lowest BCUT2D eigenvalue weighted by atomic mass is 10.1. The number of imidazole rings is 1. The first-order valence-electron chi connectivity index (χ1n) is 5.55. The van der Waals surface area contributed by atoms with Crippen molar-refractivity contribution in [3.05, 3.63) is 23.8 Å². The Hall–Kier alpha value is -1.65. The second kappa shape index (κ2) is 3.98. The molecular formula is C12H15F2N3. The molecule has 5 heteroatoms. The van der Waals surface area contributed by atoms with Gasteiger partial charge in [-0.15, -0.1) is 0 Å². The number of hydrogen-bond donors (Lipinski definition) is 1. The van der Waals surface area contributed by atoms with Gasteiger partial charge < -0.3 is 10.3 Å². The number of hydrogen-bond acceptors (Lipinski definition) is 2. The maximum Gasteiger partial charge on any atom is 0.201 e. The number of aromatic nitrogens is 2. The zero-order chi connectivity index (χ0) is 12.7. The summed E-state index contributed by atoms with van der Waals surface area (Å²) in [6, 6.07) is 2.46. The van der Waals surface area contributed by atoms with Crippen molar-refractivity contribution in [2.45, 2.75) is 26.8 Å². The summed E-state index contributed by atoms with van der Waals surface area (Å²) in [5.41, 5.74) is 6.30. The van der Waals surface area contributed by atoms with Gasteiger partial charge in [0.15, 0.2) is 11.6 Å². The molecule has 0 spiro atoms. The summed E-state index contributed by atoms with van der Waals surface area (Å²) in [6.07, 6.45) is 0. The molecule has 0 bridgehead atoms. The summed E-state index contributed by atoms with van der Waals surface area (Å²) in [7, 11) is 0. The number of anilines is 1. The average molecular weight is 239 g/mol. The first-order chi connectivity index (χ1) is 7.93. The van der Waals surface area contributed by atoms with E-state index in [0.717, 1.165) is 6.07 Å². The van der Waals surface area contributed by atoms with E-state index in [-0.39, 0.29) is 23.4 Å². The lowest BCUT2D eigenvalue weighted by molar-refractivity contribution is 0.415. The third kappa shape index (κ3) is 1.75. The smallest absolute Gasteiger partial charge is 0.201 e. The predicted octanol–water partition coefficient (Wildman–Crippen LogP) is 3.11. The second-order valence-electron chi connectivity index (χ2n) is 4.55. The maximum absolute atomic E-state index is 13.8. The molecule has 0 radical (unpaired) electrons. The molecule has 0 amide bonds. The van der Waals surface area contributed by atoms with Gasteiger partial charge in [0, 0.05) is 6.04 Å². The van der Waals surface area contributed by atoms with Crippen LogP contribution in [0.4, 0.5) is 14.7 Å². The molecule has 92 valence electrons. The molecule has 0 saturated heterocycles. The van der Waals surface area contributed by atoms with Crippen LogP contribution in [0.3, 0.4) is 0 Å². The van der Waals surface area contributed by atoms with Gasteiger partial charge in [-0.3, -0.25) is 0 Å². The first kappa shape index (κ1) is 11.8. The molecule has 1 aromatic heterocycles. The van der Waals surface area contributed by atoms with E-state index in [2.05, 4.69) is 4.98 Å². The summed E-state index contributed by atoms with van der Waals surface area (Å²) < 4.78 is 28.6. The van der Waals surface area contributed by atoms with Crippen LogP contribution in [0, 0.1) is 17.6 Å². The van der Waals surface area contributed by atoms with E-state index in [1.165, 1.54) is 6.07 Å². The molecule has 0 saturated carbocycles. The van der Waals surface area contributed by atoms with E-state index in [4.69, 9.17) is 5.73 Å². The Labute approximate surface area is 98.2 Å². The predicted molar refractivity (Wildman–Crippen MR) is 63.6 cm³/mol. The maximum atomic E-state index is 13.8. The number of nitrogens with zero attached hydrogens (tertiary/aromatic N) is 2. The van der Waals surface area contributed by atoms with Crippen molar-refractivity contribution in [2.75, 3.05) is 5.73 Å². The van der Waals surface area contributed by atoms with Crippen molar-refractivity contribution in [1.29, 1.82) is 0 Å². The molecule has 0 aliphatic carbocycles. The van der Waals surface area contributed by atoms with Crippen molar-refractivity contribution >= 4 is 17.0 Å². The Morgan fingerprint density at radius 1 is 1.24 bits per heavy atom. The van der Waals surface area contributed by atoms with Gasteiger partial charge in [-0.1, -0.05) is 13.8 Å². The fourth-order valence-electron chi connectivity index (χ4n) is 1.85. The van der Waals surface area contributed by atoms with Crippen molar-refractivity contribution in [1.82, 2.24) is 9.55 Å². The molecule has 0 fully saturated rings. The molecule has 2 aromatic rings. The van der Waals surface area contributed by atoms with Gasteiger partial charge in [-0.05, 0) is 25.0 Å². The molecule has 1 atom stereocenters. The van der Waals surface area contributed by atoms with E-state index < -0.39 is 11.6 Å². The Balaban J connectivity index is 2.77. The van der Waals surface area contributed by atoms with Crippen molar-refractivity contribution in [3.63, 3.8) is 0 Å². The average Bonchev–Trinajstić information content (AvgIpc) is 2.60. The van der Waals surface area contributed by atoms with Crippen LogP contribution >= 0.6 is 0 Å². The van der Waals surface area contributed by atoms with E-state index in [0.29, 0.717) is 5.52 Å². The molecule has 2 N–H and O–H groups in total. The van der Waals surface area contributed by atoms with Gasteiger partial charge in [0.05, 0.1) is 5.52 Å². The number of nitrogen functional groups attached to an aromatic ring is 1. The minimum Gasteiger partial charge on any atom is -0.369 e. The van der Waals surface area contributed by atoms with Crippen molar-refractivity contribution < 1.29 is 8.78 Å². The van der Waals surface area contributed by atoms with Gasteiger partial charge >= 0.3 is 0 Å². The number of nitrogens with two attached hydrogens (primary N) is 1. The van der Waals surface area contributed by atoms with Crippen LogP contribution in [-0.4, -0.2) is 9.55 Å². The normalized spacial score (nSPS) is 13.5. The minimum atomic E-state index is -0.890. The van der Waals surface area contributed by atoms with Crippen molar-refractivity contribution in [2.24, 2.45) is 5.92 Å².